The zero-order chi connectivity index (χ0) is 11.4. The Hall–Kier alpha value is -1.37. The fraction of sp³-hybridized carbons (Fsp3) is 0.357. The van der Waals surface area contributed by atoms with Gasteiger partial charge in [0.15, 0.2) is 0 Å². The van der Waals surface area contributed by atoms with Gasteiger partial charge in [0.1, 0.15) is 0 Å². The molecule has 1 heteroatoms. The Bertz CT molecular complexity index is 458. The maximum Gasteiger partial charge on any atom is 0.0733 e. The van der Waals surface area contributed by atoms with E-state index < -0.39 is 0 Å². The van der Waals surface area contributed by atoms with Crippen LogP contribution in [0.4, 0.5) is 0 Å². The first-order valence-electron chi connectivity index (χ1n) is 5.51. The molecule has 2 rings (SSSR count). The van der Waals surface area contributed by atoms with E-state index in [9.17, 15) is 0 Å². The van der Waals surface area contributed by atoms with E-state index in [0.717, 1.165) is 5.52 Å². The Balaban J connectivity index is 0.000000531. The number of rotatable bonds is 0. The summed E-state index contributed by atoms with van der Waals surface area (Å²) in [6.45, 7) is 10.4. The molecule has 0 radical (unpaired) electrons. The monoisotopic (exact) mass is 201 g/mol. The van der Waals surface area contributed by atoms with Crippen LogP contribution in [0.2, 0.25) is 0 Å². The van der Waals surface area contributed by atoms with Gasteiger partial charge in [0.25, 0.3) is 0 Å². The third-order valence-corrected chi connectivity index (χ3v) is 2.40. The second-order valence-electron chi connectivity index (χ2n) is 3.61. The van der Waals surface area contributed by atoms with Gasteiger partial charge in [-0.15, -0.1) is 0 Å². The van der Waals surface area contributed by atoms with Crippen LogP contribution in [0.3, 0.4) is 0 Å². The van der Waals surface area contributed by atoms with E-state index in [0.29, 0.717) is 0 Å². The Morgan fingerprint density at radius 2 is 1.60 bits per heavy atom. The molecule has 0 atom stereocenters. The number of aromatic nitrogens is 1. The zero-order valence-corrected chi connectivity index (χ0v) is 10.3. The quantitative estimate of drug-likeness (QED) is 0.623. The molecule has 0 aliphatic carbocycles. The molecular formula is C14H19N. The van der Waals surface area contributed by atoms with Crippen LogP contribution in [0.25, 0.3) is 10.9 Å². The minimum absolute atomic E-state index is 1.13. The standard InChI is InChI=1S/C12H13N.C2H6/c1-8-6-10(3)12-11(7-8)9(2)4-5-13-12;1-2/h4-7H,1-3H3;1-2H3. The molecule has 1 heterocycles. The van der Waals surface area contributed by atoms with Crippen LogP contribution in [-0.4, -0.2) is 4.98 Å². The highest BCUT2D eigenvalue weighted by molar-refractivity contribution is 5.85. The zero-order valence-electron chi connectivity index (χ0n) is 10.3. The van der Waals surface area contributed by atoms with Crippen molar-refractivity contribution in [3.8, 4) is 0 Å². The van der Waals surface area contributed by atoms with Gasteiger partial charge in [-0.2, -0.15) is 0 Å². The van der Waals surface area contributed by atoms with Gasteiger partial charge in [-0.05, 0) is 44.0 Å². The molecule has 1 aromatic heterocycles. The molecule has 0 bridgehead atoms. The van der Waals surface area contributed by atoms with Gasteiger partial charge >= 0.3 is 0 Å². The maximum atomic E-state index is 4.38. The van der Waals surface area contributed by atoms with Crippen molar-refractivity contribution < 1.29 is 0 Å². The summed E-state index contributed by atoms with van der Waals surface area (Å²) in [6.07, 6.45) is 1.88. The number of hydrogen-bond acceptors (Lipinski definition) is 1. The van der Waals surface area contributed by atoms with Crippen molar-refractivity contribution >= 4 is 10.9 Å². The lowest BCUT2D eigenvalue weighted by Crippen LogP contribution is -1.87. The molecule has 15 heavy (non-hydrogen) atoms. The Labute approximate surface area is 92.2 Å². The van der Waals surface area contributed by atoms with Gasteiger partial charge < -0.3 is 0 Å². The third kappa shape index (κ3) is 2.35. The molecule has 0 aliphatic heterocycles. The molecule has 80 valence electrons. The SMILES string of the molecule is CC.Cc1cc(C)c2nccc(C)c2c1. The average Bonchev–Trinajstić information content (AvgIpc) is 2.23. The van der Waals surface area contributed by atoms with Crippen molar-refractivity contribution in [2.45, 2.75) is 34.6 Å². The van der Waals surface area contributed by atoms with E-state index in [1.807, 2.05) is 20.0 Å². The number of fused-ring (bicyclic) bond motifs is 1. The lowest BCUT2D eigenvalue weighted by Gasteiger charge is -2.05. The summed E-state index contributed by atoms with van der Waals surface area (Å²) < 4.78 is 0. The van der Waals surface area contributed by atoms with Crippen LogP contribution in [-0.2, 0) is 0 Å². The van der Waals surface area contributed by atoms with E-state index in [-0.39, 0.29) is 0 Å². The van der Waals surface area contributed by atoms with Gasteiger partial charge in [-0.3, -0.25) is 4.98 Å². The molecule has 2 aromatic rings. The summed E-state index contributed by atoms with van der Waals surface area (Å²) in [4.78, 5) is 4.38. The summed E-state index contributed by atoms with van der Waals surface area (Å²) in [5, 5.41) is 1.28. The smallest absolute Gasteiger partial charge is 0.0733 e. The number of benzene rings is 1. The van der Waals surface area contributed by atoms with Crippen molar-refractivity contribution in [3.63, 3.8) is 0 Å². The topological polar surface area (TPSA) is 12.9 Å². The second kappa shape index (κ2) is 4.92. The van der Waals surface area contributed by atoms with Crippen LogP contribution in [0, 0.1) is 20.8 Å². The molecule has 0 saturated heterocycles. The van der Waals surface area contributed by atoms with Crippen LogP contribution < -0.4 is 0 Å². The largest absolute Gasteiger partial charge is 0.256 e. The summed E-state index contributed by atoms with van der Waals surface area (Å²) in [6, 6.07) is 6.43. The summed E-state index contributed by atoms with van der Waals surface area (Å²) >= 11 is 0. The molecule has 0 N–H and O–H groups in total. The fourth-order valence-electron chi connectivity index (χ4n) is 1.75. The van der Waals surface area contributed by atoms with Crippen LogP contribution in [0.5, 0.6) is 0 Å². The number of hydrogen-bond donors (Lipinski definition) is 0. The molecule has 1 nitrogen and oxygen atoms in total. The molecule has 0 saturated carbocycles. The summed E-state index contributed by atoms with van der Waals surface area (Å²) in [7, 11) is 0. The number of pyridine rings is 1. The maximum absolute atomic E-state index is 4.38. The summed E-state index contributed by atoms with van der Waals surface area (Å²) in [5.74, 6) is 0. The van der Waals surface area contributed by atoms with Crippen LogP contribution in [0.15, 0.2) is 24.4 Å². The van der Waals surface area contributed by atoms with E-state index >= 15 is 0 Å². The molecule has 0 unspecified atom stereocenters. The second-order valence-corrected chi connectivity index (χ2v) is 3.61. The fourth-order valence-corrected chi connectivity index (χ4v) is 1.75. The predicted molar refractivity (Wildman–Crippen MR) is 67.3 cm³/mol. The van der Waals surface area contributed by atoms with Gasteiger partial charge in [-0.25, -0.2) is 0 Å². The van der Waals surface area contributed by atoms with Crippen LogP contribution in [0.1, 0.15) is 30.5 Å². The van der Waals surface area contributed by atoms with E-state index in [1.54, 1.807) is 0 Å². The molecular weight excluding hydrogens is 182 g/mol. The summed E-state index contributed by atoms with van der Waals surface area (Å²) in [5.41, 5.74) is 5.00. The first-order chi connectivity index (χ1) is 7.18. The van der Waals surface area contributed by atoms with Crippen molar-refractivity contribution in [1.29, 1.82) is 0 Å². The Morgan fingerprint density at radius 1 is 0.933 bits per heavy atom. The van der Waals surface area contributed by atoms with Crippen molar-refractivity contribution in [1.82, 2.24) is 4.98 Å². The Morgan fingerprint density at radius 3 is 2.27 bits per heavy atom. The number of aryl methyl sites for hydroxylation is 3. The van der Waals surface area contributed by atoms with Crippen molar-refractivity contribution in [2.24, 2.45) is 0 Å². The highest BCUT2D eigenvalue weighted by atomic mass is 14.6. The predicted octanol–water partition coefficient (Wildman–Crippen LogP) is 4.19. The van der Waals surface area contributed by atoms with Crippen molar-refractivity contribution in [2.75, 3.05) is 0 Å². The minimum Gasteiger partial charge on any atom is -0.256 e. The van der Waals surface area contributed by atoms with Crippen LogP contribution >= 0.6 is 0 Å². The molecule has 0 amide bonds. The first kappa shape index (κ1) is 11.7. The van der Waals surface area contributed by atoms with Gasteiger partial charge in [0, 0.05) is 11.6 Å². The van der Waals surface area contributed by atoms with Crippen molar-refractivity contribution in [3.05, 3.63) is 41.1 Å². The third-order valence-electron chi connectivity index (χ3n) is 2.40. The number of nitrogens with zero attached hydrogens (tertiary/aromatic N) is 1. The highest BCUT2D eigenvalue weighted by Crippen LogP contribution is 2.20. The van der Waals surface area contributed by atoms with E-state index in [1.165, 1.54) is 22.1 Å². The lowest BCUT2D eigenvalue weighted by atomic mass is 10.0. The van der Waals surface area contributed by atoms with Gasteiger partial charge in [0.05, 0.1) is 5.52 Å². The van der Waals surface area contributed by atoms with Gasteiger partial charge in [0.2, 0.25) is 0 Å². The van der Waals surface area contributed by atoms with E-state index in [4.69, 9.17) is 0 Å². The molecule has 1 aromatic carbocycles. The first-order valence-corrected chi connectivity index (χ1v) is 5.51. The normalized spacial score (nSPS) is 9.67. The van der Waals surface area contributed by atoms with Gasteiger partial charge in [-0.1, -0.05) is 25.5 Å². The molecule has 0 spiro atoms. The Kier molecular flexibility index (Phi) is 3.84. The minimum atomic E-state index is 1.13. The molecule has 0 fully saturated rings. The van der Waals surface area contributed by atoms with E-state index in [2.05, 4.69) is 44.0 Å². The highest BCUT2D eigenvalue weighted by Gasteiger charge is 2.01. The molecule has 0 aliphatic rings. The average molecular weight is 201 g/mol. The lowest BCUT2D eigenvalue weighted by molar-refractivity contribution is 1.31.